The van der Waals surface area contributed by atoms with Crippen molar-refractivity contribution in [3.63, 3.8) is 0 Å². The molecule has 1 N–H and O–H groups in total. The molecule has 21 heavy (non-hydrogen) atoms. The van der Waals surface area contributed by atoms with Crippen LogP contribution in [0.3, 0.4) is 0 Å². The number of hydrogen-bond donors (Lipinski definition) is 1. The van der Waals surface area contributed by atoms with Gasteiger partial charge in [-0.15, -0.1) is 0 Å². The number of nitriles is 1. The maximum atomic E-state index is 12.1. The Hall–Kier alpha value is -2.68. The molecule has 0 aromatic carbocycles. The third kappa shape index (κ3) is 2.92. The quantitative estimate of drug-likeness (QED) is 0.918. The number of pyridine rings is 1. The molecule has 0 saturated heterocycles. The lowest BCUT2D eigenvalue weighted by molar-refractivity contribution is 0.445. The van der Waals surface area contributed by atoms with Crippen LogP contribution in [-0.2, 0) is 6.54 Å². The zero-order chi connectivity index (χ0) is 14.7. The Bertz CT molecular complexity index is 742. The van der Waals surface area contributed by atoms with Crippen LogP contribution >= 0.6 is 0 Å². The summed E-state index contributed by atoms with van der Waals surface area (Å²) in [5, 5.41) is 16.5. The van der Waals surface area contributed by atoms with Gasteiger partial charge in [-0.1, -0.05) is 6.07 Å². The third-order valence-corrected chi connectivity index (χ3v) is 3.66. The largest absolute Gasteiger partial charge is 0.381 e. The fraction of sp³-hybridized carbons (Fsp3) is 0.333. The monoisotopic (exact) mass is 281 g/mol. The van der Waals surface area contributed by atoms with Crippen LogP contribution in [0.2, 0.25) is 0 Å². The fourth-order valence-corrected chi connectivity index (χ4v) is 2.25. The van der Waals surface area contributed by atoms with Crippen molar-refractivity contribution in [2.24, 2.45) is 0 Å². The van der Waals surface area contributed by atoms with Gasteiger partial charge in [-0.05, 0) is 25.3 Å². The van der Waals surface area contributed by atoms with Crippen LogP contribution in [-0.4, -0.2) is 20.8 Å². The molecule has 0 spiro atoms. The van der Waals surface area contributed by atoms with E-state index in [0.717, 1.165) is 18.5 Å². The molecular formula is C15H15N5O. The van der Waals surface area contributed by atoms with Crippen LogP contribution < -0.4 is 10.9 Å². The topological polar surface area (TPSA) is 83.6 Å². The van der Waals surface area contributed by atoms with Crippen molar-refractivity contribution in [1.82, 2.24) is 14.8 Å². The molecule has 2 aromatic heterocycles. The van der Waals surface area contributed by atoms with Gasteiger partial charge in [0.2, 0.25) is 0 Å². The van der Waals surface area contributed by atoms with Crippen LogP contribution in [0.15, 0.2) is 35.4 Å². The van der Waals surface area contributed by atoms with E-state index in [4.69, 9.17) is 5.26 Å². The number of rotatable bonds is 4. The molecule has 0 aliphatic heterocycles. The zero-order valence-corrected chi connectivity index (χ0v) is 11.5. The zero-order valence-electron chi connectivity index (χ0n) is 11.5. The lowest BCUT2D eigenvalue weighted by Gasteiger charge is -2.27. The Morgan fingerprint density at radius 2 is 2.33 bits per heavy atom. The predicted octanol–water partition coefficient (Wildman–Crippen LogP) is 1.52. The maximum Gasteiger partial charge on any atom is 0.269 e. The first-order chi connectivity index (χ1) is 10.3. The van der Waals surface area contributed by atoms with Gasteiger partial charge in [0.1, 0.15) is 11.8 Å². The molecule has 1 fully saturated rings. The SMILES string of the molecule is N#Cc1ncccc1Cn1ncc(NC2CCC2)cc1=O. The first-order valence-electron chi connectivity index (χ1n) is 6.94. The van der Waals surface area contributed by atoms with Gasteiger partial charge in [-0.3, -0.25) is 4.79 Å². The minimum Gasteiger partial charge on any atom is -0.381 e. The molecule has 106 valence electrons. The summed E-state index contributed by atoms with van der Waals surface area (Å²) in [5.74, 6) is 0. The summed E-state index contributed by atoms with van der Waals surface area (Å²) >= 11 is 0. The van der Waals surface area contributed by atoms with Gasteiger partial charge in [0.05, 0.1) is 18.4 Å². The maximum absolute atomic E-state index is 12.1. The molecule has 6 heteroatoms. The lowest BCUT2D eigenvalue weighted by atomic mass is 9.93. The highest BCUT2D eigenvalue weighted by Crippen LogP contribution is 2.22. The van der Waals surface area contributed by atoms with E-state index in [1.54, 1.807) is 30.6 Å². The summed E-state index contributed by atoms with van der Waals surface area (Å²) in [6.07, 6.45) is 6.74. The molecule has 0 bridgehead atoms. The fourth-order valence-electron chi connectivity index (χ4n) is 2.25. The van der Waals surface area contributed by atoms with Gasteiger partial charge in [-0.25, -0.2) is 9.67 Å². The van der Waals surface area contributed by atoms with Gasteiger partial charge < -0.3 is 5.32 Å². The van der Waals surface area contributed by atoms with E-state index in [0.29, 0.717) is 17.3 Å². The molecular weight excluding hydrogens is 266 g/mol. The first kappa shape index (κ1) is 13.3. The average Bonchev–Trinajstić information content (AvgIpc) is 2.46. The molecule has 0 unspecified atom stereocenters. The molecule has 1 saturated carbocycles. The Labute approximate surface area is 122 Å². The van der Waals surface area contributed by atoms with E-state index in [1.165, 1.54) is 11.1 Å². The molecule has 6 nitrogen and oxygen atoms in total. The molecule has 1 aliphatic rings. The predicted molar refractivity (Wildman–Crippen MR) is 77.8 cm³/mol. The molecule has 0 radical (unpaired) electrons. The standard InChI is InChI=1S/C15H15N5O/c16-8-14-11(3-2-6-17-14)10-20-15(21)7-13(9-18-20)19-12-4-1-5-12/h2-3,6-7,9,12,19H,1,4-5,10H2. The van der Waals surface area contributed by atoms with Gasteiger partial charge >= 0.3 is 0 Å². The first-order valence-corrected chi connectivity index (χ1v) is 6.94. The van der Waals surface area contributed by atoms with E-state index in [1.807, 2.05) is 6.07 Å². The van der Waals surface area contributed by atoms with E-state index in [-0.39, 0.29) is 12.1 Å². The van der Waals surface area contributed by atoms with E-state index in [2.05, 4.69) is 15.4 Å². The van der Waals surface area contributed by atoms with Crippen molar-refractivity contribution in [1.29, 1.82) is 5.26 Å². The normalized spacial score (nSPS) is 14.2. The molecule has 3 rings (SSSR count). The number of nitrogens with zero attached hydrogens (tertiary/aromatic N) is 4. The number of hydrogen-bond acceptors (Lipinski definition) is 5. The Balaban J connectivity index is 1.79. The minimum atomic E-state index is -0.188. The Kier molecular flexibility index (Phi) is 3.65. The van der Waals surface area contributed by atoms with Crippen molar-refractivity contribution >= 4 is 5.69 Å². The van der Waals surface area contributed by atoms with E-state index >= 15 is 0 Å². The summed E-state index contributed by atoms with van der Waals surface area (Å²) in [6, 6.07) is 7.56. The minimum absolute atomic E-state index is 0.188. The Morgan fingerprint density at radius 1 is 1.48 bits per heavy atom. The third-order valence-electron chi connectivity index (χ3n) is 3.66. The van der Waals surface area contributed by atoms with Crippen LogP contribution in [0.5, 0.6) is 0 Å². The van der Waals surface area contributed by atoms with Crippen LogP contribution in [0.25, 0.3) is 0 Å². The van der Waals surface area contributed by atoms with Crippen LogP contribution in [0.1, 0.15) is 30.5 Å². The van der Waals surface area contributed by atoms with Gasteiger partial charge in [0.25, 0.3) is 5.56 Å². The highest BCUT2D eigenvalue weighted by Gasteiger charge is 2.17. The number of anilines is 1. The summed E-state index contributed by atoms with van der Waals surface area (Å²) in [6.45, 7) is 0.249. The van der Waals surface area contributed by atoms with Gasteiger partial charge in [-0.2, -0.15) is 10.4 Å². The van der Waals surface area contributed by atoms with E-state index in [9.17, 15) is 4.79 Å². The van der Waals surface area contributed by atoms with Crippen molar-refractivity contribution in [2.75, 3.05) is 5.32 Å². The van der Waals surface area contributed by atoms with Gasteiger partial charge in [0, 0.05) is 23.9 Å². The second kappa shape index (κ2) is 5.75. The van der Waals surface area contributed by atoms with Crippen molar-refractivity contribution < 1.29 is 0 Å². The summed E-state index contributed by atoms with van der Waals surface area (Å²) in [7, 11) is 0. The Morgan fingerprint density at radius 3 is 3.00 bits per heavy atom. The number of aromatic nitrogens is 3. The molecule has 1 aliphatic carbocycles. The number of nitrogens with one attached hydrogen (secondary N) is 1. The highest BCUT2D eigenvalue weighted by atomic mass is 16.1. The summed E-state index contributed by atoms with van der Waals surface area (Å²) in [5.41, 5.74) is 1.58. The van der Waals surface area contributed by atoms with Crippen molar-refractivity contribution in [3.05, 3.63) is 52.2 Å². The molecule has 2 aromatic rings. The second-order valence-corrected chi connectivity index (χ2v) is 5.14. The van der Waals surface area contributed by atoms with Crippen LogP contribution in [0.4, 0.5) is 5.69 Å². The van der Waals surface area contributed by atoms with Crippen LogP contribution in [0, 0.1) is 11.3 Å². The summed E-state index contributed by atoms with van der Waals surface area (Å²) < 4.78 is 1.34. The van der Waals surface area contributed by atoms with Crippen molar-refractivity contribution in [3.8, 4) is 6.07 Å². The highest BCUT2D eigenvalue weighted by molar-refractivity contribution is 5.40. The van der Waals surface area contributed by atoms with Gasteiger partial charge in [0.15, 0.2) is 0 Å². The van der Waals surface area contributed by atoms with E-state index < -0.39 is 0 Å². The summed E-state index contributed by atoms with van der Waals surface area (Å²) in [4.78, 5) is 16.1. The second-order valence-electron chi connectivity index (χ2n) is 5.14. The average molecular weight is 281 g/mol. The molecule has 0 atom stereocenters. The smallest absolute Gasteiger partial charge is 0.269 e. The lowest BCUT2D eigenvalue weighted by Crippen LogP contribution is -2.29. The molecule has 2 heterocycles. The molecule has 0 amide bonds. The van der Waals surface area contributed by atoms with Crippen molar-refractivity contribution in [2.45, 2.75) is 31.8 Å².